The summed E-state index contributed by atoms with van der Waals surface area (Å²) in [6.07, 6.45) is 0.419. The van der Waals surface area contributed by atoms with Gasteiger partial charge in [-0.1, -0.05) is 78.9 Å². The molecule has 0 aliphatic carbocycles. The third kappa shape index (κ3) is 7.21. The number of ether oxygens (including phenoxy) is 1. The number of hydrogen-bond donors (Lipinski definition) is 1. The lowest BCUT2D eigenvalue weighted by Gasteiger charge is -2.32. The molecule has 3 rings (SSSR count). The van der Waals surface area contributed by atoms with Crippen LogP contribution in [0, 0.1) is 6.92 Å². The van der Waals surface area contributed by atoms with Gasteiger partial charge in [-0.05, 0) is 43.5 Å². The number of nitrogens with one attached hydrogen (secondary N) is 1. The molecule has 0 fully saturated rings. The number of rotatable bonds is 10. The van der Waals surface area contributed by atoms with E-state index in [4.69, 9.17) is 4.74 Å². The number of amides is 2. The zero-order valence-electron chi connectivity index (χ0n) is 19.5. The van der Waals surface area contributed by atoms with Gasteiger partial charge in [-0.2, -0.15) is 0 Å². The fraction of sp³-hybridized carbons (Fsp3) is 0.286. The maximum Gasteiger partial charge on any atom is 0.261 e. The fourth-order valence-corrected chi connectivity index (χ4v) is 3.66. The Balaban J connectivity index is 1.89. The molecule has 33 heavy (non-hydrogen) atoms. The average Bonchev–Trinajstić information content (AvgIpc) is 2.81. The first-order valence-electron chi connectivity index (χ1n) is 11.3. The van der Waals surface area contributed by atoms with Gasteiger partial charge in [-0.3, -0.25) is 9.59 Å². The van der Waals surface area contributed by atoms with Crippen LogP contribution in [-0.2, 0) is 22.6 Å². The van der Waals surface area contributed by atoms with Gasteiger partial charge in [0.05, 0.1) is 0 Å². The van der Waals surface area contributed by atoms with Gasteiger partial charge in [0, 0.05) is 19.0 Å². The Labute approximate surface area is 196 Å². The molecule has 0 spiro atoms. The molecule has 3 aromatic rings. The van der Waals surface area contributed by atoms with Crippen LogP contribution in [0.3, 0.4) is 0 Å². The maximum atomic E-state index is 13.5. The van der Waals surface area contributed by atoms with Crippen molar-refractivity contribution in [1.29, 1.82) is 0 Å². The summed E-state index contributed by atoms with van der Waals surface area (Å²) in [6, 6.07) is 26.4. The first kappa shape index (κ1) is 24.1. The second-order valence-corrected chi connectivity index (χ2v) is 8.43. The van der Waals surface area contributed by atoms with Gasteiger partial charge in [0.25, 0.3) is 5.91 Å². The highest BCUT2D eigenvalue weighted by atomic mass is 16.5. The number of carbonyl (C=O) groups excluding carboxylic acids is 2. The van der Waals surface area contributed by atoms with Crippen molar-refractivity contribution in [3.05, 3.63) is 102 Å². The molecule has 0 saturated carbocycles. The van der Waals surface area contributed by atoms with Gasteiger partial charge in [0.2, 0.25) is 5.91 Å². The predicted octanol–water partition coefficient (Wildman–Crippen LogP) is 4.54. The summed E-state index contributed by atoms with van der Waals surface area (Å²) in [5.41, 5.74) is 2.91. The lowest BCUT2D eigenvalue weighted by Crippen LogP contribution is -2.52. The molecular weight excluding hydrogens is 412 g/mol. The van der Waals surface area contributed by atoms with Crippen molar-refractivity contribution in [3.8, 4) is 5.75 Å². The molecule has 0 heterocycles. The third-order valence-corrected chi connectivity index (χ3v) is 5.34. The highest BCUT2D eigenvalue weighted by molar-refractivity contribution is 5.88. The molecule has 0 aromatic heterocycles. The Kier molecular flexibility index (Phi) is 8.64. The Morgan fingerprint density at radius 2 is 1.42 bits per heavy atom. The molecule has 5 heteroatoms. The van der Waals surface area contributed by atoms with Gasteiger partial charge in [-0.25, -0.2) is 0 Å². The summed E-state index contributed by atoms with van der Waals surface area (Å²) in [5.74, 6) is 0.257. The lowest BCUT2D eigenvalue weighted by atomic mass is 10.0. The van der Waals surface area contributed by atoms with Crippen LogP contribution >= 0.6 is 0 Å². The molecule has 1 N–H and O–H groups in total. The van der Waals surface area contributed by atoms with Gasteiger partial charge in [-0.15, -0.1) is 0 Å². The van der Waals surface area contributed by atoms with Crippen LogP contribution in [0.1, 0.15) is 30.5 Å². The van der Waals surface area contributed by atoms with Crippen LogP contribution in [0.4, 0.5) is 0 Å². The number of para-hydroxylation sites is 1. The summed E-state index contributed by atoms with van der Waals surface area (Å²) >= 11 is 0. The Morgan fingerprint density at radius 3 is 2.03 bits per heavy atom. The van der Waals surface area contributed by atoms with E-state index in [9.17, 15) is 9.59 Å². The minimum atomic E-state index is -0.664. The fourth-order valence-electron chi connectivity index (χ4n) is 3.66. The van der Waals surface area contributed by atoms with Crippen LogP contribution < -0.4 is 10.1 Å². The molecule has 0 radical (unpaired) electrons. The van der Waals surface area contributed by atoms with E-state index in [0.717, 1.165) is 16.7 Å². The molecular formula is C28H32N2O3. The first-order chi connectivity index (χ1) is 15.9. The minimum Gasteiger partial charge on any atom is -0.484 e. The maximum absolute atomic E-state index is 13.5. The zero-order chi connectivity index (χ0) is 23.6. The summed E-state index contributed by atoms with van der Waals surface area (Å²) in [7, 11) is 0. The normalized spacial score (nSPS) is 11.6. The molecule has 0 aliphatic heterocycles. The highest BCUT2D eigenvalue weighted by Crippen LogP contribution is 2.18. The van der Waals surface area contributed by atoms with Crippen LogP contribution in [0.2, 0.25) is 0 Å². The van der Waals surface area contributed by atoms with Crippen molar-refractivity contribution in [2.75, 3.05) is 6.61 Å². The van der Waals surface area contributed by atoms with E-state index in [1.807, 2.05) is 106 Å². The van der Waals surface area contributed by atoms with Crippen molar-refractivity contribution in [2.24, 2.45) is 0 Å². The number of carbonyl (C=O) groups is 2. The third-order valence-electron chi connectivity index (χ3n) is 5.34. The second-order valence-electron chi connectivity index (χ2n) is 8.43. The summed E-state index contributed by atoms with van der Waals surface area (Å²) in [5, 5.41) is 2.99. The molecule has 172 valence electrons. The smallest absolute Gasteiger partial charge is 0.261 e. The van der Waals surface area contributed by atoms with Crippen molar-refractivity contribution in [2.45, 2.75) is 45.8 Å². The van der Waals surface area contributed by atoms with Crippen LogP contribution in [-0.4, -0.2) is 35.4 Å². The van der Waals surface area contributed by atoms with Crippen molar-refractivity contribution in [3.63, 3.8) is 0 Å². The standard InChI is InChI=1S/C28H32N2O3/c1-21(2)29-28(32)25(18-23-13-6-4-7-14-23)30(19-24-15-8-5-9-16-24)27(31)20-33-26-17-11-10-12-22(26)3/h4-17,21,25H,18-20H2,1-3H3,(H,29,32). The average molecular weight is 445 g/mol. The number of hydrogen-bond acceptors (Lipinski definition) is 3. The molecule has 1 unspecified atom stereocenters. The van der Waals surface area contributed by atoms with E-state index in [1.54, 1.807) is 4.90 Å². The topological polar surface area (TPSA) is 58.6 Å². The van der Waals surface area contributed by atoms with Crippen molar-refractivity contribution >= 4 is 11.8 Å². The van der Waals surface area contributed by atoms with Crippen LogP contribution in [0.25, 0.3) is 0 Å². The highest BCUT2D eigenvalue weighted by Gasteiger charge is 2.31. The van der Waals surface area contributed by atoms with E-state index in [0.29, 0.717) is 18.7 Å². The summed E-state index contributed by atoms with van der Waals surface area (Å²) < 4.78 is 5.86. The predicted molar refractivity (Wildman–Crippen MR) is 131 cm³/mol. The minimum absolute atomic E-state index is 0.0346. The first-order valence-corrected chi connectivity index (χ1v) is 11.3. The van der Waals surface area contributed by atoms with Gasteiger partial charge in [0.15, 0.2) is 6.61 Å². The number of aryl methyl sites for hydroxylation is 1. The summed E-state index contributed by atoms with van der Waals surface area (Å²) in [4.78, 5) is 28.4. The van der Waals surface area contributed by atoms with E-state index in [1.165, 1.54) is 0 Å². The molecule has 2 amide bonds. The zero-order valence-corrected chi connectivity index (χ0v) is 19.5. The van der Waals surface area contributed by atoms with Gasteiger partial charge >= 0.3 is 0 Å². The molecule has 5 nitrogen and oxygen atoms in total. The summed E-state index contributed by atoms with van der Waals surface area (Å²) in [6.45, 7) is 5.96. The Bertz CT molecular complexity index is 1040. The quantitative estimate of drug-likeness (QED) is 0.500. The molecule has 1 atom stereocenters. The van der Waals surface area contributed by atoms with E-state index in [2.05, 4.69) is 5.32 Å². The lowest BCUT2D eigenvalue weighted by molar-refractivity contribution is -0.143. The van der Waals surface area contributed by atoms with Crippen molar-refractivity contribution < 1.29 is 14.3 Å². The molecule has 0 aliphatic rings. The second kappa shape index (κ2) is 11.9. The Hall–Kier alpha value is -3.60. The molecule has 0 bridgehead atoms. The Morgan fingerprint density at radius 1 is 0.848 bits per heavy atom. The largest absolute Gasteiger partial charge is 0.484 e. The van der Waals surface area contributed by atoms with Gasteiger partial charge in [0.1, 0.15) is 11.8 Å². The number of nitrogens with zero attached hydrogens (tertiary/aromatic N) is 1. The SMILES string of the molecule is Cc1ccccc1OCC(=O)N(Cc1ccccc1)C(Cc1ccccc1)C(=O)NC(C)C. The van der Waals surface area contributed by atoms with E-state index >= 15 is 0 Å². The monoisotopic (exact) mass is 444 g/mol. The van der Waals surface area contributed by atoms with E-state index in [-0.39, 0.29) is 24.5 Å². The molecule has 0 saturated heterocycles. The van der Waals surface area contributed by atoms with Gasteiger partial charge < -0.3 is 15.0 Å². The van der Waals surface area contributed by atoms with E-state index < -0.39 is 6.04 Å². The number of benzene rings is 3. The van der Waals surface area contributed by atoms with Crippen LogP contribution in [0.5, 0.6) is 5.75 Å². The van der Waals surface area contributed by atoms with Crippen LogP contribution in [0.15, 0.2) is 84.9 Å². The molecule has 3 aromatic carbocycles. The van der Waals surface area contributed by atoms with Crippen molar-refractivity contribution in [1.82, 2.24) is 10.2 Å².